The summed E-state index contributed by atoms with van der Waals surface area (Å²) in [7, 11) is 0. The van der Waals surface area contributed by atoms with E-state index in [9.17, 15) is 0 Å². The highest BCUT2D eigenvalue weighted by Gasteiger charge is 2.31. The van der Waals surface area contributed by atoms with Crippen molar-refractivity contribution in [3.05, 3.63) is 11.6 Å². The first kappa shape index (κ1) is 11.7. The normalized spacial score (nSPS) is 35.9. The van der Waals surface area contributed by atoms with Crippen LogP contribution in [0, 0.1) is 11.8 Å². The van der Waals surface area contributed by atoms with Crippen molar-refractivity contribution in [2.24, 2.45) is 11.8 Å². The molecule has 1 aliphatic heterocycles. The maximum Gasteiger partial charge on any atom is 0.163 e. The Morgan fingerprint density at radius 2 is 1.82 bits per heavy atom. The zero-order chi connectivity index (χ0) is 11.5. The predicted octanol–water partition coefficient (Wildman–Crippen LogP) is 3.67. The molecule has 96 valence electrons. The summed E-state index contributed by atoms with van der Waals surface area (Å²) in [5.41, 5.74) is 1.67. The molecular formula is C15H24O2. The lowest BCUT2D eigenvalue weighted by molar-refractivity contribution is -0.175. The molecule has 0 radical (unpaired) electrons. The number of ether oxygens (including phenoxy) is 2. The average Bonchev–Trinajstić information content (AvgIpc) is 2.27. The molecule has 1 saturated carbocycles. The Bertz CT molecular complexity index is 277. The van der Waals surface area contributed by atoms with E-state index >= 15 is 0 Å². The number of hydrogen-bond donors (Lipinski definition) is 0. The fraction of sp³-hybridized carbons (Fsp3) is 0.867. The third-order valence-electron chi connectivity index (χ3n) is 4.42. The highest BCUT2D eigenvalue weighted by molar-refractivity contribution is 5.13. The van der Waals surface area contributed by atoms with Crippen LogP contribution >= 0.6 is 0 Å². The van der Waals surface area contributed by atoms with Crippen LogP contribution in [-0.4, -0.2) is 19.5 Å². The van der Waals surface area contributed by atoms with Crippen LogP contribution in [0.4, 0.5) is 0 Å². The summed E-state index contributed by atoms with van der Waals surface area (Å²) < 4.78 is 11.8. The minimum atomic E-state index is 0.0474. The average molecular weight is 236 g/mol. The molecule has 0 N–H and O–H groups in total. The molecule has 2 atom stereocenters. The summed E-state index contributed by atoms with van der Waals surface area (Å²) in [5, 5.41) is 0. The Kier molecular flexibility index (Phi) is 3.82. The molecule has 2 aliphatic carbocycles. The third-order valence-corrected chi connectivity index (χ3v) is 4.42. The summed E-state index contributed by atoms with van der Waals surface area (Å²) in [6, 6.07) is 0. The van der Waals surface area contributed by atoms with Gasteiger partial charge in [-0.1, -0.05) is 11.6 Å². The fourth-order valence-corrected chi connectivity index (χ4v) is 3.57. The lowest BCUT2D eigenvalue weighted by Crippen LogP contribution is -2.33. The summed E-state index contributed by atoms with van der Waals surface area (Å²) in [5.74, 6) is 1.44. The van der Waals surface area contributed by atoms with Crippen molar-refractivity contribution in [3.63, 3.8) is 0 Å². The van der Waals surface area contributed by atoms with Gasteiger partial charge in [-0.25, -0.2) is 0 Å². The first-order valence-electron chi connectivity index (χ1n) is 7.34. The van der Waals surface area contributed by atoms with Crippen LogP contribution in [0.25, 0.3) is 0 Å². The second kappa shape index (κ2) is 5.53. The van der Waals surface area contributed by atoms with Gasteiger partial charge in [0.15, 0.2) is 6.29 Å². The third kappa shape index (κ3) is 2.92. The summed E-state index contributed by atoms with van der Waals surface area (Å²) >= 11 is 0. The molecule has 0 spiro atoms. The van der Waals surface area contributed by atoms with Crippen LogP contribution in [0.3, 0.4) is 0 Å². The largest absolute Gasteiger partial charge is 0.352 e. The SMILES string of the molecule is C1=C2CCCC(C2)CC1C1OCCCCCO1. The summed E-state index contributed by atoms with van der Waals surface area (Å²) in [6.45, 7) is 1.77. The molecule has 0 aromatic rings. The van der Waals surface area contributed by atoms with Gasteiger partial charge in [-0.2, -0.15) is 0 Å². The second-order valence-corrected chi connectivity index (χ2v) is 5.86. The highest BCUT2D eigenvalue weighted by atomic mass is 16.7. The molecule has 2 fully saturated rings. The Labute approximate surface area is 104 Å². The van der Waals surface area contributed by atoms with Gasteiger partial charge >= 0.3 is 0 Å². The van der Waals surface area contributed by atoms with Gasteiger partial charge in [0, 0.05) is 19.1 Å². The molecule has 3 aliphatic rings. The van der Waals surface area contributed by atoms with Crippen LogP contribution in [0.15, 0.2) is 11.6 Å². The van der Waals surface area contributed by atoms with E-state index in [4.69, 9.17) is 9.47 Å². The van der Waals surface area contributed by atoms with E-state index in [0.717, 1.165) is 19.1 Å². The van der Waals surface area contributed by atoms with E-state index in [1.165, 1.54) is 51.4 Å². The van der Waals surface area contributed by atoms with Gasteiger partial charge in [0.2, 0.25) is 0 Å². The van der Waals surface area contributed by atoms with Crippen LogP contribution in [0.5, 0.6) is 0 Å². The first-order chi connectivity index (χ1) is 8.42. The van der Waals surface area contributed by atoms with Crippen molar-refractivity contribution in [1.29, 1.82) is 0 Å². The van der Waals surface area contributed by atoms with Gasteiger partial charge < -0.3 is 9.47 Å². The maximum absolute atomic E-state index is 5.92. The lowest BCUT2D eigenvalue weighted by atomic mass is 9.74. The molecule has 2 bridgehead atoms. The molecule has 1 saturated heterocycles. The molecule has 0 aromatic heterocycles. The van der Waals surface area contributed by atoms with Crippen molar-refractivity contribution in [2.45, 2.75) is 57.7 Å². The van der Waals surface area contributed by atoms with E-state index in [1.54, 1.807) is 5.57 Å². The molecular weight excluding hydrogens is 212 g/mol. The van der Waals surface area contributed by atoms with Crippen LogP contribution < -0.4 is 0 Å². The molecule has 17 heavy (non-hydrogen) atoms. The Morgan fingerprint density at radius 1 is 1.00 bits per heavy atom. The minimum absolute atomic E-state index is 0.0474. The first-order valence-corrected chi connectivity index (χ1v) is 7.34. The summed E-state index contributed by atoms with van der Waals surface area (Å²) in [4.78, 5) is 0. The van der Waals surface area contributed by atoms with E-state index in [-0.39, 0.29) is 6.29 Å². The second-order valence-electron chi connectivity index (χ2n) is 5.86. The highest BCUT2D eigenvalue weighted by Crippen LogP contribution is 2.40. The van der Waals surface area contributed by atoms with E-state index in [1.807, 2.05) is 0 Å². The number of rotatable bonds is 1. The molecule has 3 rings (SSSR count). The van der Waals surface area contributed by atoms with Gasteiger partial charge in [0.1, 0.15) is 0 Å². The van der Waals surface area contributed by atoms with Crippen LogP contribution in [-0.2, 0) is 9.47 Å². The summed E-state index contributed by atoms with van der Waals surface area (Å²) in [6.07, 6.45) is 12.9. The predicted molar refractivity (Wildman–Crippen MR) is 67.7 cm³/mol. The molecule has 0 aromatic carbocycles. The van der Waals surface area contributed by atoms with Gasteiger partial charge in [0.25, 0.3) is 0 Å². The molecule has 2 unspecified atom stereocenters. The lowest BCUT2D eigenvalue weighted by Gasteiger charge is -2.36. The zero-order valence-corrected chi connectivity index (χ0v) is 10.7. The van der Waals surface area contributed by atoms with Gasteiger partial charge in [-0.15, -0.1) is 0 Å². The van der Waals surface area contributed by atoms with E-state index in [2.05, 4.69) is 6.08 Å². The van der Waals surface area contributed by atoms with Crippen molar-refractivity contribution < 1.29 is 9.47 Å². The monoisotopic (exact) mass is 236 g/mol. The van der Waals surface area contributed by atoms with Gasteiger partial charge in [-0.3, -0.25) is 0 Å². The van der Waals surface area contributed by atoms with Crippen LogP contribution in [0.1, 0.15) is 51.4 Å². The standard InChI is InChI=1S/C15H24O2/c1-2-7-16-15(17-8-3-1)14-10-12-5-4-6-13(9-12)11-14/h10,13-15H,1-9,11H2. The minimum Gasteiger partial charge on any atom is -0.352 e. The van der Waals surface area contributed by atoms with E-state index in [0.29, 0.717) is 5.92 Å². The topological polar surface area (TPSA) is 18.5 Å². The van der Waals surface area contributed by atoms with Crippen molar-refractivity contribution in [3.8, 4) is 0 Å². The number of hydrogen-bond acceptors (Lipinski definition) is 2. The Morgan fingerprint density at radius 3 is 2.59 bits per heavy atom. The quantitative estimate of drug-likeness (QED) is 0.647. The Hall–Kier alpha value is -0.340. The number of allylic oxidation sites excluding steroid dienone is 1. The van der Waals surface area contributed by atoms with Crippen molar-refractivity contribution in [1.82, 2.24) is 0 Å². The maximum atomic E-state index is 5.92. The van der Waals surface area contributed by atoms with Gasteiger partial charge in [-0.05, 0) is 57.3 Å². The van der Waals surface area contributed by atoms with Crippen molar-refractivity contribution >= 4 is 0 Å². The zero-order valence-electron chi connectivity index (χ0n) is 10.7. The van der Waals surface area contributed by atoms with Crippen LogP contribution in [0.2, 0.25) is 0 Å². The Balaban J connectivity index is 1.65. The molecule has 2 heteroatoms. The smallest absolute Gasteiger partial charge is 0.163 e. The fourth-order valence-electron chi connectivity index (χ4n) is 3.57. The molecule has 0 amide bonds. The molecule has 1 heterocycles. The molecule has 2 nitrogen and oxygen atoms in total. The van der Waals surface area contributed by atoms with E-state index < -0.39 is 0 Å². The number of fused-ring (bicyclic) bond motifs is 2. The van der Waals surface area contributed by atoms with Gasteiger partial charge in [0.05, 0.1) is 0 Å². The van der Waals surface area contributed by atoms with Crippen molar-refractivity contribution in [2.75, 3.05) is 13.2 Å².